The highest BCUT2D eigenvalue weighted by molar-refractivity contribution is 7.89. The molecule has 4 saturated heterocycles. The highest BCUT2D eigenvalue weighted by atomic mass is 32.2. The second-order valence-electron chi connectivity index (χ2n) is 9.59. The molecule has 10 heteroatoms. The molecule has 1 spiro atoms. The third-order valence-electron chi connectivity index (χ3n) is 7.43. The van der Waals surface area contributed by atoms with Gasteiger partial charge in [0, 0.05) is 32.2 Å². The molecule has 4 aliphatic rings. The van der Waals surface area contributed by atoms with Crippen LogP contribution in [0.5, 0.6) is 0 Å². The first kappa shape index (κ1) is 22.9. The molecule has 1 N–H and O–H groups in total. The first-order chi connectivity index (χ1) is 14.8. The zero-order valence-electron chi connectivity index (χ0n) is 18.7. The van der Waals surface area contributed by atoms with Gasteiger partial charge >= 0.3 is 0 Å². The summed E-state index contributed by atoms with van der Waals surface area (Å²) >= 11 is 0. The van der Waals surface area contributed by atoms with Crippen LogP contribution in [0.25, 0.3) is 0 Å². The topological polar surface area (TPSA) is 99.3 Å². The van der Waals surface area contributed by atoms with E-state index in [1.54, 1.807) is 13.8 Å². The minimum Gasteiger partial charge on any atom is -0.361 e. The minimum atomic E-state index is -3.60. The SMILES string of the molecule is CC(C)S(=O)(=O)N1C[C@H](C(=O)N2CCC(N3CCCCC3)CC2)[C@@]2(C1)OCCNC2=O. The molecule has 0 aliphatic carbocycles. The molecular formula is C21H36N4O5S. The lowest BCUT2D eigenvalue weighted by Crippen LogP contribution is -2.62. The molecule has 4 fully saturated rings. The number of piperidine rings is 2. The first-order valence-electron chi connectivity index (χ1n) is 11.7. The smallest absolute Gasteiger partial charge is 0.254 e. The fourth-order valence-electron chi connectivity index (χ4n) is 5.50. The molecule has 2 atom stereocenters. The summed E-state index contributed by atoms with van der Waals surface area (Å²) in [6, 6.07) is 0.508. The van der Waals surface area contributed by atoms with Gasteiger partial charge in [-0.3, -0.25) is 9.59 Å². The lowest BCUT2D eigenvalue weighted by atomic mass is 9.86. The van der Waals surface area contributed by atoms with Crippen molar-refractivity contribution in [1.29, 1.82) is 0 Å². The van der Waals surface area contributed by atoms with Crippen molar-refractivity contribution in [3.8, 4) is 0 Å². The van der Waals surface area contributed by atoms with Gasteiger partial charge in [-0.1, -0.05) is 6.42 Å². The van der Waals surface area contributed by atoms with Crippen molar-refractivity contribution in [2.24, 2.45) is 5.92 Å². The zero-order chi connectivity index (χ0) is 22.2. The van der Waals surface area contributed by atoms with E-state index in [4.69, 9.17) is 4.74 Å². The van der Waals surface area contributed by atoms with Crippen LogP contribution in [-0.4, -0.2) is 104 Å². The molecule has 0 saturated carbocycles. The zero-order valence-corrected chi connectivity index (χ0v) is 19.5. The molecule has 0 unspecified atom stereocenters. The molecule has 9 nitrogen and oxygen atoms in total. The standard InChI is InChI=1S/C21H36N4O5S/c1-16(2)31(28,29)25-14-18(21(15-25)20(27)22-8-13-30-21)19(26)24-11-6-17(7-12-24)23-9-4-3-5-10-23/h16-18H,3-15H2,1-2H3,(H,22,27)/t18-,21-/m1/s1. The van der Waals surface area contributed by atoms with E-state index in [0.717, 1.165) is 25.9 Å². The van der Waals surface area contributed by atoms with E-state index in [-0.39, 0.29) is 31.5 Å². The van der Waals surface area contributed by atoms with Crippen LogP contribution in [-0.2, 0) is 24.3 Å². The Labute approximate surface area is 185 Å². The van der Waals surface area contributed by atoms with Crippen molar-refractivity contribution >= 4 is 21.8 Å². The lowest BCUT2D eigenvalue weighted by Gasteiger charge is -2.42. The molecule has 176 valence electrons. The summed E-state index contributed by atoms with van der Waals surface area (Å²) in [5.41, 5.74) is -1.43. The quantitative estimate of drug-likeness (QED) is 0.640. The van der Waals surface area contributed by atoms with Crippen LogP contribution >= 0.6 is 0 Å². The number of sulfonamides is 1. The van der Waals surface area contributed by atoms with Crippen LogP contribution in [0.1, 0.15) is 46.0 Å². The van der Waals surface area contributed by atoms with E-state index < -0.39 is 26.8 Å². The highest BCUT2D eigenvalue weighted by Gasteiger charge is 2.60. The predicted octanol–water partition coefficient (Wildman–Crippen LogP) is 0.0185. The van der Waals surface area contributed by atoms with Crippen LogP contribution in [0, 0.1) is 5.92 Å². The largest absolute Gasteiger partial charge is 0.361 e. The van der Waals surface area contributed by atoms with E-state index in [1.165, 1.54) is 23.6 Å². The molecule has 4 rings (SSSR count). The minimum absolute atomic E-state index is 0.00117. The Morgan fingerprint density at radius 3 is 2.42 bits per heavy atom. The van der Waals surface area contributed by atoms with Gasteiger partial charge in [-0.25, -0.2) is 8.42 Å². The maximum Gasteiger partial charge on any atom is 0.254 e. The van der Waals surface area contributed by atoms with Gasteiger partial charge in [0.1, 0.15) is 0 Å². The number of likely N-dealkylation sites (tertiary alicyclic amines) is 2. The number of ether oxygens (including phenoxy) is 1. The number of rotatable bonds is 4. The number of carbonyl (C=O) groups is 2. The van der Waals surface area contributed by atoms with Crippen molar-refractivity contribution < 1.29 is 22.7 Å². The maximum atomic E-state index is 13.6. The number of hydrogen-bond acceptors (Lipinski definition) is 6. The van der Waals surface area contributed by atoms with Crippen molar-refractivity contribution in [3.05, 3.63) is 0 Å². The fraction of sp³-hybridized carbons (Fsp3) is 0.905. The summed E-state index contributed by atoms with van der Waals surface area (Å²) in [4.78, 5) is 30.8. The van der Waals surface area contributed by atoms with E-state index in [9.17, 15) is 18.0 Å². The number of nitrogens with one attached hydrogen (secondary N) is 1. The molecule has 0 aromatic rings. The van der Waals surface area contributed by atoms with Crippen molar-refractivity contribution in [1.82, 2.24) is 19.4 Å². The Balaban J connectivity index is 1.49. The summed E-state index contributed by atoms with van der Waals surface area (Å²) in [6.45, 7) is 7.35. The van der Waals surface area contributed by atoms with Crippen LogP contribution in [0.2, 0.25) is 0 Å². The molecule has 0 aromatic carbocycles. The summed E-state index contributed by atoms with van der Waals surface area (Å²) in [7, 11) is -3.60. The summed E-state index contributed by atoms with van der Waals surface area (Å²) < 4.78 is 32.9. The normalized spacial score (nSPS) is 32.0. The van der Waals surface area contributed by atoms with Gasteiger partial charge in [-0.15, -0.1) is 0 Å². The van der Waals surface area contributed by atoms with Crippen molar-refractivity contribution in [2.45, 2.75) is 62.8 Å². The Bertz CT molecular complexity index is 790. The van der Waals surface area contributed by atoms with E-state index in [2.05, 4.69) is 10.2 Å². The van der Waals surface area contributed by atoms with Gasteiger partial charge in [-0.2, -0.15) is 4.31 Å². The molecular weight excluding hydrogens is 420 g/mol. The highest BCUT2D eigenvalue weighted by Crippen LogP contribution is 2.37. The molecule has 4 heterocycles. The summed E-state index contributed by atoms with van der Waals surface area (Å²) in [5, 5.41) is 2.17. The lowest BCUT2D eigenvalue weighted by molar-refractivity contribution is -0.167. The number of nitrogens with zero attached hydrogens (tertiary/aromatic N) is 3. The third-order valence-corrected chi connectivity index (χ3v) is 9.62. The third kappa shape index (κ3) is 4.24. The van der Waals surface area contributed by atoms with Crippen LogP contribution in [0.4, 0.5) is 0 Å². The Morgan fingerprint density at radius 2 is 1.81 bits per heavy atom. The van der Waals surface area contributed by atoms with Gasteiger partial charge in [0.2, 0.25) is 15.9 Å². The second kappa shape index (κ2) is 8.96. The Morgan fingerprint density at radius 1 is 1.13 bits per heavy atom. The van der Waals surface area contributed by atoms with Crippen molar-refractivity contribution in [2.75, 3.05) is 52.4 Å². The molecule has 0 bridgehead atoms. The Kier molecular flexibility index (Phi) is 6.63. The van der Waals surface area contributed by atoms with Crippen LogP contribution in [0.15, 0.2) is 0 Å². The van der Waals surface area contributed by atoms with Crippen LogP contribution in [0.3, 0.4) is 0 Å². The summed E-state index contributed by atoms with van der Waals surface area (Å²) in [6.07, 6.45) is 5.64. The van der Waals surface area contributed by atoms with Crippen LogP contribution < -0.4 is 5.32 Å². The number of hydrogen-bond donors (Lipinski definition) is 1. The molecule has 0 aromatic heterocycles. The average Bonchev–Trinajstić information content (AvgIpc) is 3.17. The molecule has 31 heavy (non-hydrogen) atoms. The van der Waals surface area contributed by atoms with E-state index in [0.29, 0.717) is 25.7 Å². The number of morpholine rings is 1. The molecule has 4 aliphatic heterocycles. The summed E-state index contributed by atoms with van der Waals surface area (Å²) in [5.74, 6) is -1.34. The monoisotopic (exact) mass is 456 g/mol. The molecule has 0 radical (unpaired) electrons. The number of amides is 2. The van der Waals surface area contributed by atoms with E-state index in [1.807, 2.05) is 4.90 Å². The fourth-order valence-corrected chi connectivity index (χ4v) is 6.83. The average molecular weight is 457 g/mol. The maximum absolute atomic E-state index is 13.6. The number of carbonyl (C=O) groups excluding carboxylic acids is 2. The van der Waals surface area contributed by atoms with Gasteiger partial charge in [0.05, 0.1) is 24.3 Å². The molecule has 2 amide bonds. The van der Waals surface area contributed by atoms with Gasteiger partial charge in [0.25, 0.3) is 5.91 Å². The van der Waals surface area contributed by atoms with Crippen molar-refractivity contribution in [3.63, 3.8) is 0 Å². The van der Waals surface area contributed by atoms with Gasteiger partial charge in [-0.05, 0) is 52.6 Å². The predicted molar refractivity (Wildman–Crippen MR) is 116 cm³/mol. The first-order valence-corrected chi connectivity index (χ1v) is 13.2. The second-order valence-corrected chi connectivity index (χ2v) is 12.1. The van der Waals surface area contributed by atoms with Gasteiger partial charge in [0.15, 0.2) is 5.60 Å². The van der Waals surface area contributed by atoms with Gasteiger partial charge < -0.3 is 19.9 Å². The Hall–Kier alpha value is -1.23. The van der Waals surface area contributed by atoms with E-state index >= 15 is 0 Å².